The zero-order valence-corrected chi connectivity index (χ0v) is 14.8. The van der Waals surface area contributed by atoms with Gasteiger partial charge in [0, 0.05) is 10.0 Å². The Morgan fingerprint density at radius 3 is 2.55 bits per heavy atom. The van der Waals surface area contributed by atoms with Crippen LogP contribution >= 0.6 is 39.1 Å². The highest BCUT2D eigenvalue weighted by Gasteiger charge is 2.14. The first-order valence-corrected chi connectivity index (χ1v) is 7.73. The summed E-state index contributed by atoms with van der Waals surface area (Å²) < 4.78 is 11.1. The van der Waals surface area contributed by atoms with Crippen molar-refractivity contribution in [2.45, 2.75) is 6.92 Å². The molecule has 116 valence electrons. The highest BCUT2D eigenvalue weighted by Crippen LogP contribution is 2.33. The van der Waals surface area contributed by atoms with E-state index in [4.69, 9.17) is 32.7 Å². The first kappa shape index (κ1) is 16.9. The van der Waals surface area contributed by atoms with Crippen molar-refractivity contribution in [2.24, 2.45) is 0 Å². The van der Waals surface area contributed by atoms with E-state index in [1.165, 1.54) is 7.11 Å². The summed E-state index contributed by atoms with van der Waals surface area (Å²) in [7, 11) is 1.50. The lowest BCUT2D eigenvalue weighted by atomic mass is 10.2. The Morgan fingerprint density at radius 2 is 1.91 bits per heavy atom. The minimum absolute atomic E-state index is 0.392. The highest BCUT2D eigenvalue weighted by atomic mass is 79.9. The van der Waals surface area contributed by atoms with Gasteiger partial charge >= 0.3 is 6.09 Å². The number of halogens is 3. The molecule has 0 radical (unpaired) electrons. The molecule has 0 aromatic heterocycles. The second-order valence-corrected chi connectivity index (χ2v) is 6.12. The lowest BCUT2D eigenvalue weighted by molar-refractivity contribution is 0.214. The quantitative estimate of drug-likeness (QED) is 0.715. The van der Waals surface area contributed by atoms with Crippen LogP contribution < -0.4 is 14.8 Å². The Bertz CT molecular complexity index is 699. The summed E-state index contributed by atoms with van der Waals surface area (Å²) in [6.07, 6.45) is -0.660. The van der Waals surface area contributed by atoms with E-state index in [9.17, 15) is 4.79 Å². The molecule has 22 heavy (non-hydrogen) atoms. The van der Waals surface area contributed by atoms with Gasteiger partial charge in [0.25, 0.3) is 0 Å². The Balaban J connectivity index is 2.19. The molecular formula is C15H12BrCl2NO3. The maximum absolute atomic E-state index is 12.1. The van der Waals surface area contributed by atoms with Crippen molar-refractivity contribution in [1.82, 2.24) is 0 Å². The molecule has 0 unspecified atom stereocenters. The second-order valence-electron chi connectivity index (χ2n) is 4.39. The summed E-state index contributed by atoms with van der Waals surface area (Å²) in [6.45, 7) is 1.79. The van der Waals surface area contributed by atoms with Crippen LogP contribution in [0.3, 0.4) is 0 Å². The Labute approximate surface area is 146 Å². The number of nitrogens with one attached hydrogen (secondary N) is 1. The van der Waals surface area contributed by atoms with Gasteiger partial charge in [0.05, 0.1) is 17.3 Å². The van der Waals surface area contributed by atoms with E-state index in [-0.39, 0.29) is 0 Å². The maximum Gasteiger partial charge on any atom is 0.417 e. The van der Waals surface area contributed by atoms with E-state index >= 15 is 0 Å². The number of amides is 1. The van der Waals surface area contributed by atoms with Gasteiger partial charge in [-0.1, -0.05) is 23.2 Å². The SMILES string of the molecule is COc1ccc(Cl)cc1NC(=O)Oc1c(C)cc(Cl)cc1Br. The highest BCUT2D eigenvalue weighted by molar-refractivity contribution is 9.10. The number of anilines is 1. The van der Waals surface area contributed by atoms with Gasteiger partial charge in [0.2, 0.25) is 0 Å². The van der Waals surface area contributed by atoms with Crippen LogP contribution in [0.15, 0.2) is 34.8 Å². The molecule has 0 saturated heterocycles. The van der Waals surface area contributed by atoms with Crippen LogP contribution in [-0.2, 0) is 0 Å². The summed E-state index contributed by atoms with van der Waals surface area (Å²) in [5, 5.41) is 3.62. The summed E-state index contributed by atoms with van der Waals surface area (Å²) in [4.78, 5) is 12.1. The lowest BCUT2D eigenvalue weighted by Gasteiger charge is -2.13. The van der Waals surface area contributed by atoms with Crippen molar-refractivity contribution in [3.63, 3.8) is 0 Å². The molecule has 0 saturated carbocycles. The molecule has 0 atom stereocenters. The molecule has 0 spiro atoms. The van der Waals surface area contributed by atoms with Gasteiger partial charge in [-0.05, 0) is 58.7 Å². The van der Waals surface area contributed by atoms with Crippen LogP contribution in [0.2, 0.25) is 10.0 Å². The summed E-state index contributed by atoms with van der Waals surface area (Å²) in [5.74, 6) is 0.871. The topological polar surface area (TPSA) is 47.6 Å². The minimum Gasteiger partial charge on any atom is -0.495 e. The van der Waals surface area contributed by atoms with Crippen LogP contribution in [0.25, 0.3) is 0 Å². The number of hydrogen-bond donors (Lipinski definition) is 1. The number of carbonyl (C=O) groups excluding carboxylic acids is 1. The number of hydrogen-bond acceptors (Lipinski definition) is 3. The number of carbonyl (C=O) groups is 1. The monoisotopic (exact) mass is 403 g/mol. The number of rotatable bonds is 3. The molecule has 0 aliphatic heterocycles. The third kappa shape index (κ3) is 4.06. The summed E-state index contributed by atoms with van der Waals surface area (Å²) in [5.41, 5.74) is 1.15. The minimum atomic E-state index is -0.660. The second kappa shape index (κ2) is 7.22. The van der Waals surface area contributed by atoms with E-state index in [2.05, 4.69) is 21.2 Å². The number of benzene rings is 2. The van der Waals surface area contributed by atoms with Crippen molar-refractivity contribution in [2.75, 3.05) is 12.4 Å². The predicted octanol–water partition coefficient (Wildman–Crippen LogP) is 5.68. The van der Waals surface area contributed by atoms with Gasteiger partial charge in [-0.3, -0.25) is 5.32 Å². The zero-order chi connectivity index (χ0) is 16.3. The van der Waals surface area contributed by atoms with Crippen LogP contribution in [0.1, 0.15) is 5.56 Å². The number of aryl methyl sites for hydroxylation is 1. The van der Waals surface area contributed by atoms with Crippen LogP contribution in [0, 0.1) is 6.92 Å². The predicted molar refractivity (Wildman–Crippen MR) is 91.5 cm³/mol. The van der Waals surface area contributed by atoms with Crippen molar-refractivity contribution < 1.29 is 14.3 Å². The molecular weight excluding hydrogens is 393 g/mol. The third-order valence-corrected chi connectivity index (χ3v) is 3.83. The number of methoxy groups -OCH3 is 1. The molecule has 2 aromatic rings. The van der Waals surface area contributed by atoms with Gasteiger partial charge in [-0.2, -0.15) is 0 Å². The van der Waals surface area contributed by atoms with E-state index in [0.29, 0.717) is 31.7 Å². The Hall–Kier alpha value is -1.43. The van der Waals surface area contributed by atoms with Crippen LogP contribution in [0.5, 0.6) is 11.5 Å². The fourth-order valence-corrected chi connectivity index (χ4v) is 3.04. The normalized spacial score (nSPS) is 10.2. The summed E-state index contributed by atoms with van der Waals surface area (Å²) >= 11 is 15.2. The molecule has 0 heterocycles. The molecule has 7 heteroatoms. The Kier molecular flexibility index (Phi) is 5.56. The lowest BCUT2D eigenvalue weighted by Crippen LogP contribution is -2.18. The molecule has 0 bridgehead atoms. The van der Waals surface area contributed by atoms with Crippen molar-refractivity contribution in [3.05, 3.63) is 50.4 Å². The smallest absolute Gasteiger partial charge is 0.417 e. The van der Waals surface area contributed by atoms with E-state index in [1.54, 1.807) is 37.3 Å². The van der Waals surface area contributed by atoms with Crippen LogP contribution in [0.4, 0.5) is 10.5 Å². The van der Waals surface area contributed by atoms with Crippen LogP contribution in [-0.4, -0.2) is 13.2 Å². The third-order valence-electron chi connectivity index (χ3n) is 2.79. The van der Waals surface area contributed by atoms with E-state index in [0.717, 1.165) is 5.56 Å². The van der Waals surface area contributed by atoms with Gasteiger partial charge in [-0.25, -0.2) is 4.79 Å². The van der Waals surface area contributed by atoms with Gasteiger partial charge in [0.15, 0.2) is 0 Å². The Morgan fingerprint density at radius 1 is 1.18 bits per heavy atom. The fourth-order valence-electron chi connectivity index (χ4n) is 1.82. The van der Waals surface area contributed by atoms with Gasteiger partial charge < -0.3 is 9.47 Å². The molecule has 2 aromatic carbocycles. The first-order valence-electron chi connectivity index (χ1n) is 6.18. The van der Waals surface area contributed by atoms with Crippen molar-refractivity contribution >= 4 is 50.9 Å². The molecule has 1 amide bonds. The largest absolute Gasteiger partial charge is 0.495 e. The average molecular weight is 405 g/mol. The average Bonchev–Trinajstić information content (AvgIpc) is 2.43. The fraction of sp³-hybridized carbons (Fsp3) is 0.133. The molecule has 0 aliphatic carbocycles. The summed E-state index contributed by atoms with van der Waals surface area (Å²) in [6, 6.07) is 8.25. The molecule has 0 aliphatic rings. The molecule has 1 N–H and O–H groups in total. The van der Waals surface area contributed by atoms with Crippen molar-refractivity contribution in [3.8, 4) is 11.5 Å². The van der Waals surface area contributed by atoms with Gasteiger partial charge in [0.1, 0.15) is 11.5 Å². The van der Waals surface area contributed by atoms with Gasteiger partial charge in [-0.15, -0.1) is 0 Å². The first-order chi connectivity index (χ1) is 10.4. The maximum atomic E-state index is 12.1. The molecule has 4 nitrogen and oxygen atoms in total. The van der Waals surface area contributed by atoms with Crippen molar-refractivity contribution in [1.29, 1.82) is 0 Å². The zero-order valence-electron chi connectivity index (χ0n) is 11.7. The standard InChI is InChI=1S/C15H12BrCl2NO3/c1-8-5-10(18)6-11(16)14(8)22-15(20)19-12-7-9(17)3-4-13(12)21-2/h3-7H,1-2H3,(H,19,20). The molecule has 2 rings (SSSR count). The van der Waals surface area contributed by atoms with E-state index < -0.39 is 6.09 Å². The molecule has 0 fully saturated rings. The van der Waals surface area contributed by atoms with E-state index in [1.807, 2.05) is 0 Å². The number of ether oxygens (including phenoxy) is 2.